The number of esters is 1. The maximum Gasteiger partial charge on any atom is 0.337 e. The minimum atomic E-state index is -0.486. The van der Waals surface area contributed by atoms with Gasteiger partial charge in [-0.1, -0.05) is 13.0 Å². The SMILES string of the molecule is CCC(C)NC(=S)NC(=O)c1cccc(C(=O)OC)c1. The lowest BCUT2D eigenvalue weighted by molar-refractivity contribution is 0.0600. The first-order valence-electron chi connectivity index (χ1n) is 6.28. The first-order valence-corrected chi connectivity index (χ1v) is 6.69. The van der Waals surface area contributed by atoms with E-state index in [9.17, 15) is 9.59 Å². The molecule has 0 aliphatic heterocycles. The highest BCUT2D eigenvalue weighted by Gasteiger charge is 2.12. The van der Waals surface area contributed by atoms with Gasteiger partial charge in [-0.25, -0.2) is 4.79 Å². The molecule has 2 N–H and O–H groups in total. The summed E-state index contributed by atoms with van der Waals surface area (Å²) in [5.41, 5.74) is 0.669. The Labute approximate surface area is 123 Å². The van der Waals surface area contributed by atoms with Crippen LogP contribution in [0.3, 0.4) is 0 Å². The van der Waals surface area contributed by atoms with Crippen LogP contribution in [0.25, 0.3) is 0 Å². The van der Waals surface area contributed by atoms with E-state index >= 15 is 0 Å². The van der Waals surface area contributed by atoms with Crippen LogP contribution in [0.15, 0.2) is 24.3 Å². The van der Waals surface area contributed by atoms with Crippen molar-refractivity contribution in [3.63, 3.8) is 0 Å². The van der Waals surface area contributed by atoms with Gasteiger partial charge in [-0.15, -0.1) is 0 Å². The Morgan fingerprint density at radius 3 is 2.60 bits per heavy atom. The average molecular weight is 294 g/mol. The van der Waals surface area contributed by atoms with Gasteiger partial charge in [0.05, 0.1) is 12.7 Å². The summed E-state index contributed by atoms with van der Waals surface area (Å²) < 4.78 is 4.61. The fourth-order valence-electron chi connectivity index (χ4n) is 1.44. The molecule has 1 unspecified atom stereocenters. The van der Waals surface area contributed by atoms with Gasteiger partial charge in [0.1, 0.15) is 0 Å². The second-order valence-electron chi connectivity index (χ2n) is 4.31. The predicted molar refractivity (Wildman–Crippen MR) is 80.7 cm³/mol. The van der Waals surface area contributed by atoms with E-state index < -0.39 is 5.97 Å². The maximum atomic E-state index is 12.0. The molecule has 0 aromatic heterocycles. The van der Waals surface area contributed by atoms with Crippen molar-refractivity contribution in [3.8, 4) is 0 Å². The summed E-state index contributed by atoms with van der Waals surface area (Å²) in [6.45, 7) is 3.98. The van der Waals surface area contributed by atoms with Crippen molar-refractivity contribution in [3.05, 3.63) is 35.4 Å². The summed E-state index contributed by atoms with van der Waals surface area (Å²) in [4.78, 5) is 23.4. The van der Waals surface area contributed by atoms with Crippen LogP contribution in [0, 0.1) is 0 Å². The first kappa shape index (κ1) is 16.1. The van der Waals surface area contributed by atoms with E-state index in [1.54, 1.807) is 18.2 Å². The molecule has 0 heterocycles. The van der Waals surface area contributed by atoms with Gasteiger partial charge in [0.25, 0.3) is 5.91 Å². The molecule has 108 valence electrons. The van der Waals surface area contributed by atoms with Crippen LogP contribution in [0.5, 0.6) is 0 Å². The molecule has 1 amide bonds. The molecular formula is C14H18N2O3S. The summed E-state index contributed by atoms with van der Waals surface area (Å²) >= 11 is 5.05. The van der Waals surface area contributed by atoms with E-state index in [0.29, 0.717) is 11.1 Å². The number of carbonyl (C=O) groups is 2. The topological polar surface area (TPSA) is 67.4 Å². The third kappa shape index (κ3) is 4.62. The summed E-state index contributed by atoms with van der Waals surface area (Å²) in [5, 5.41) is 5.83. The van der Waals surface area contributed by atoms with Crippen LogP contribution in [-0.2, 0) is 4.74 Å². The molecule has 1 aromatic rings. The highest BCUT2D eigenvalue weighted by molar-refractivity contribution is 7.80. The van der Waals surface area contributed by atoms with E-state index in [4.69, 9.17) is 12.2 Å². The first-order chi connectivity index (χ1) is 9.47. The Kier molecular flexibility index (Phi) is 6.11. The molecule has 0 spiro atoms. The Morgan fingerprint density at radius 2 is 2.00 bits per heavy atom. The van der Waals surface area contributed by atoms with Crippen LogP contribution in [0.1, 0.15) is 41.0 Å². The number of hydrogen-bond donors (Lipinski definition) is 2. The second kappa shape index (κ2) is 7.59. The molecule has 6 heteroatoms. The van der Waals surface area contributed by atoms with Crippen molar-refractivity contribution in [2.45, 2.75) is 26.3 Å². The number of hydrogen-bond acceptors (Lipinski definition) is 4. The van der Waals surface area contributed by atoms with E-state index in [0.717, 1.165) is 6.42 Å². The zero-order chi connectivity index (χ0) is 15.1. The number of carbonyl (C=O) groups excluding carboxylic acids is 2. The highest BCUT2D eigenvalue weighted by atomic mass is 32.1. The summed E-state index contributed by atoms with van der Waals surface area (Å²) in [5.74, 6) is -0.850. The van der Waals surface area contributed by atoms with E-state index in [2.05, 4.69) is 15.4 Å². The predicted octanol–water partition coefficient (Wildman–Crippen LogP) is 1.88. The number of ether oxygens (including phenoxy) is 1. The molecule has 0 aliphatic carbocycles. The molecule has 0 fully saturated rings. The molecule has 0 radical (unpaired) electrons. The third-order valence-electron chi connectivity index (χ3n) is 2.76. The molecule has 0 saturated carbocycles. The zero-order valence-electron chi connectivity index (χ0n) is 11.7. The van der Waals surface area contributed by atoms with Crippen molar-refractivity contribution in [2.24, 2.45) is 0 Å². The highest BCUT2D eigenvalue weighted by Crippen LogP contribution is 2.06. The molecule has 1 atom stereocenters. The third-order valence-corrected chi connectivity index (χ3v) is 2.98. The normalized spacial score (nSPS) is 11.3. The van der Waals surface area contributed by atoms with E-state index in [1.807, 2.05) is 13.8 Å². The fourth-order valence-corrected chi connectivity index (χ4v) is 1.74. The number of amides is 1. The van der Waals surface area contributed by atoms with Crippen molar-refractivity contribution in [1.29, 1.82) is 0 Å². The lowest BCUT2D eigenvalue weighted by atomic mass is 10.1. The lowest BCUT2D eigenvalue weighted by Crippen LogP contribution is -2.43. The largest absolute Gasteiger partial charge is 0.465 e. The minimum absolute atomic E-state index is 0.184. The summed E-state index contributed by atoms with van der Waals surface area (Å²) in [6.07, 6.45) is 0.897. The van der Waals surface area contributed by atoms with Crippen LogP contribution in [-0.4, -0.2) is 30.1 Å². The molecule has 0 saturated heterocycles. The van der Waals surface area contributed by atoms with Gasteiger partial charge in [0, 0.05) is 11.6 Å². The molecule has 5 nitrogen and oxygen atoms in total. The van der Waals surface area contributed by atoms with Crippen molar-refractivity contribution < 1.29 is 14.3 Å². The number of rotatable bonds is 4. The van der Waals surface area contributed by atoms with Crippen LogP contribution < -0.4 is 10.6 Å². The quantitative estimate of drug-likeness (QED) is 0.655. The Balaban J connectivity index is 2.73. The zero-order valence-corrected chi connectivity index (χ0v) is 12.5. The number of benzene rings is 1. The molecule has 1 aromatic carbocycles. The van der Waals surface area contributed by atoms with Crippen molar-refractivity contribution in [1.82, 2.24) is 10.6 Å². The Hall–Kier alpha value is -1.95. The minimum Gasteiger partial charge on any atom is -0.465 e. The van der Waals surface area contributed by atoms with Crippen molar-refractivity contribution in [2.75, 3.05) is 7.11 Å². The van der Waals surface area contributed by atoms with Gasteiger partial charge in [0.2, 0.25) is 0 Å². The van der Waals surface area contributed by atoms with Crippen molar-refractivity contribution >= 4 is 29.2 Å². The average Bonchev–Trinajstić information content (AvgIpc) is 2.46. The van der Waals surface area contributed by atoms with Gasteiger partial charge in [-0.3, -0.25) is 10.1 Å². The second-order valence-corrected chi connectivity index (χ2v) is 4.72. The fraction of sp³-hybridized carbons (Fsp3) is 0.357. The standard InChI is InChI=1S/C14H18N2O3S/c1-4-9(2)15-14(20)16-12(17)10-6-5-7-11(8-10)13(18)19-3/h5-9H,4H2,1-3H3,(H2,15,16,17,20). The number of thiocarbonyl (C=S) groups is 1. The number of methoxy groups -OCH3 is 1. The van der Waals surface area contributed by atoms with Gasteiger partial charge < -0.3 is 10.1 Å². The molecule has 1 rings (SSSR count). The Morgan fingerprint density at radius 1 is 1.35 bits per heavy atom. The van der Waals surface area contributed by atoms with Gasteiger partial charge in [-0.05, 0) is 43.8 Å². The number of nitrogens with one attached hydrogen (secondary N) is 2. The molecule has 0 aliphatic rings. The van der Waals surface area contributed by atoms with Crippen LogP contribution in [0.4, 0.5) is 0 Å². The molecular weight excluding hydrogens is 276 g/mol. The van der Waals surface area contributed by atoms with Gasteiger partial charge in [0.15, 0.2) is 5.11 Å². The van der Waals surface area contributed by atoms with Crippen LogP contribution >= 0.6 is 12.2 Å². The van der Waals surface area contributed by atoms with Gasteiger partial charge in [-0.2, -0.15) is 0 Å². The molecule has 0 bridgehead atoms. The lowest BCUT2D eigenvalue weighted by Gasteiger charge is -2.14. The summed E-state index contributed by atoms with van der Waals surface area (Å²) in [6, 6.07) is 6.45. The monoisotopic (exact) mass is 294 g/mol. The molecule has 20 heavy (non-hydrogen) atoms. The Bertz CT molecular complexity index is 517. The van der Waals surface area contributed by atoms with Crippen LogP contribution in [0.2, 0.25) is 0 Å². The van der Waals surface area contributed by atoms with Gasteiger partial charge >= 0.3 is 5.97 Å². The smallest absolute Gasteiger partial charge is 0.337 e. The maximum absolute atomic E-state index is 12.0. The van der Waals surface area contributed by atoms with E-state index in [-0.39, 0.29) is 17.1 Å². The summed E-state index contributed by atoms with van der Waals surface area (Å²) in [7, 11) is 1.29. The van der Waals surface area contributed by atoms with E-state index in [1.165, 1.54) is 13.2 Å².